The number of rotatable bonds is 5. The average molecular weight is 361 g/mol. The van der Waals surface area contributed by atoms with Gasteiger partial charge in [0.25, 0.3) is 0 Å². The molecule has 0 unspecified atom stereocenters. The smallest absolute Gasteiger partial charge is 0.321 e. The largest absolute Gasteiger partial charge is 0.356 e. The minimum atomic E-state index is -0.321. The summed E-state index contributed by atoms with van der Waals surface area (Å²) in [5.74, 6) is 0.858. The third kappa shape index (κ3) is 5.44. The summed E-state index contributed by atoms with van der Waals surface area (Å²) < 4.78 is 12.9. The first kappa shape index (κ1) is 18.7. The summed E-state index contributed by atoms with van der Waals surface area (Å²) in [5, 5.41) is 5.87. The Balaban J connectivity index is 1.34. The number of benzene rings is 1. The molecule has 142 valence electrons. The maximum absolute atomic E-state index is 12.9. The van der Waals surface area contributed by atoms with Gasteiger partial charge in [0.2, 0.25) is 5.91 Å². The molecule has 2 N–H and O–H groups in total. The SMILES string of the molecule is O=C(CC1CCCC1)NCC1CCN(C(=O)Nc2ccc(F)cc2)CC1. The van der Waals surface area contributed by atoms with Crippen LogP contribution in [-0.2, 0) is 4.79 Å². The molecule has 1 heterocycles. The van der Waals surface area contributed by atoms with Gasteiger partial charge in [-0.05, 0) is 61.8 Å². The average Bonchev–Trinajstić information content (AvgIpc) is 3.15. The van der Waals surface area contributed by atoms with Crippen LogP contribution in [0.25, 0.3) is 0 Å². The summed E-state index contributed by atoms with van der Waals surface area (Å²) in [4.78, 5) is 26.1. The summed E-state index contributed by atoms with van der Waals surface area (Å²) in [6, 6.07) is 5.62. The summed E-state index contributed by atoms with van der Waals surface area (Å²) >= 11 is 0. The van der Waals surface area contributed by atoms with Gasteiger partial charge in [-0.3, -0.25) is 4.79 Å². The molecule has 26 heavy (non-hydrogen) atoms. The molecule has 0 aromatic heterocycles. The Morgan fingerprint density at radius 3 is 2.31 bits per heavy atom. The summed E-state index contributed by atoms with van der Waals surface area (Å²) in [5.41, 5.74) is 0.595. The number of nitrogens with zero attached hydrogens (tertiary/aromatic N) is 1. The predicted octanol–water partition coefficient (Wildman–Crippen LogP) is 3.77. The lowest BCUT2D eigenvalue weighted by Gasteiger charge is -2.32. The van der Waals surface area contributed by atoms with E-state index in [4.69, 9.17) is 0 Å². The zero-order chi connectivity index (χ0) is 18.4. The zero-order valence-electron chi connectivity index (χ0n) is 15.2. The molecule has 1 aromatic rings. The number of carbonyl (C=O) groups is 2. The van der Waals surface area contributed by atoms with Gasteiger partial charge in [-0.2, -0.15) is 0 Å². The van der Waals surface area contributed by atoms with Gasteiger partial charge in [-0.1, -0.05) is 12.8 Å². The zero-order valence-corrected chi connectivity index (χ0v) is 15.2. The van der Waals surface area contributed by atoms with E-state index in [0.717, 1.165) is 12.8 Å². The Hall–Kier alpha value is -2.11. The van der Waals surface area contributed by atoms with E-state index in [2.05, 4.69) is 10.6 Å². The van der Waals surface area contributed by atoms with Crippen molar-refractivity contribution in [3.8, 4) is 0 Å². The van der Waals surface area contributed by atoms with E-state index in [9.17, 15) is 14.0 Å². The number of amides is 3. The van der Waals surface area contributed by atoms with Gasteiger partial charge in [0, 0.05) is 31.7 Å². The van der Waals surface area contributed by atoms with Crippen LogP contribution < -0.4 is 10.6 Å². The third-order valence-corrected chi connectivity index (χ3v) is 5.53. The van der Waals surface area contributed by atoms with E-state index >= 15 is 0 Å². The van der Waals surface area contributed by atoms with E-state index in [1.54, 1.807) is 17.0 Å². The molecular formula is C20H28FN3O2. The molecule has 6 heteroatoms. The molecule has 1 aromatic carbocycles. The van der Waals surface area contributed by atoms with Crippen molar-refractivity contribution >= 4 is 17.6 Å². The number of hydrogen-bond donors (Lipinski definition) is 2. The highest BCUT2D eigenvalue weighted by Crippen LogP contribution is 2.27. The maximum atomic E-state index is 12.9. The van der Waals surface area contributed by atoms with E-state index in [1.165, 1.54) is 37.8 Å². The van der Waals surface area contributed by atoms with Crippen LogP contribution in [0.4, 0.5) is 14.9 Å². The van der Waals surface area contributed by atoms with Gasteiger partial charge in [0.05, 0.1) is 0 Å². The van der Waals surface area contributed by atoms with E-state index in [0.29, 0.717) is 43.6 Å². The van der Waals surface area contributed by atoms with Crippen molar-refractivity contribution in [1.82, 2.24) is 10.2 Å². The van der Waals surface area contributed by atoms with Crippen LogP contribution in [0.2, 0.25) is 0 Å². The fourth-order valence-corrected chi connectivity index (χ4v) is 3.88. The highest BCUT2D eigenvalue weighted by atomic mass is 19.1. The first-order valence-corrected chi connectivity index (χ1v) is 9.68. The Morgan fingerprint density at radius 2 is 1.65 bits per heavy atom. The van der Waals surface area contributed by atoms with Crippen LogP contribution in [0, 0.1) is 17.7 Å². The Kier molecular flexibility index (Phi) is 6.47. The molecule has 0 atom stereocenters. The lowest BCUT2D eigenvalue weighted by molar-refractivity contribution is -0.122. The summed E-state index contributed by atoms with van der Waals surface area (Å²) in [6.45, 7) is 2.06. The lowest BCUT2D eigenvalue weighted by Crippen LogP contribution is -2.43. The number of anilines is 1. The van der Waals surface area contributed by atoms with Gasteiger partial charge in [0.15, 0.2) is 0 Å². The van der Waals surface area contributed by atoms with Crippen molar-refractivity contribution in [2.24, 2.45) is 11.8 Å². The minimum absolute atomic E-state index is 0.152. The molecule has 3 amide bonds. The second-order valence-corrected chi connectivity index (χ2v) is 7.53. The van der Waals surface area contributed by atoms with E-state index in [-0.39, 0.29) is 17.8 Å². The third-order valence-electron chi connectivity index (χ3n) is 5.53. The van der Waals surface area contributed by atoms with Crippen molar-refractivity contribution < 1.29 is 14.0 Å². The second kappa shape index (κ2) is 9.01. The molecule has 1 aliphatic carbocycles. The first-order valence-electron chi connectivity index (χ1n) is 9.68. The predicted molar refractivity (Wildman–Crippen MR) is 99.3 cm³/mol. The van der Waals surface area contributed by atoms with Crippen molar-refractivity contribution in [3.05, 3.63) is 30.1 Å². The van der Waals surface area contributed by atoms with Gasteiger partial charge < -0.3 is 15.5 Å². The molecule has 1 saturated heterocycles. The topological polar surface area (TPSA) is 61.4 Å². The van der Waals surface area contributed by atoms with Crippen LogP contribution in [-0.4, -0.2) is 36.5 Å². The highest BCUT2D eigenvalue weighted by molar-refractivity contribution is 5.89. The Morgan fingerprint density at radius 1 is 1.00 bits per heavy atom. The number of halogens is 1. The van der Waals surface area contributed by atoms with Crippen LogP contribution >= 0.6 is 0 Å². The van der Waals surface area contributed by atoms with E-state index in [1.807, 2.05) is 0 Å². The number of hydrogen-bond acceptors (Lipinski definition) is 2. The van der Waals surface area contributed by atoms with Gasteiger partial charge in [-0.25, -0.2) is 9.18 Å². The molecule has 3 rings (SSSR count). The minimum Gasteiger partial charge on any atom is -0.356 e. The maximum Gasteiger partial charge on any atom is 0.321 e. The Labute approximate surface area is 154 Å². The van der Waals surface area contributed by atoms with Gasteiger partial charge in [0.1, 0.15) is 5.82 Å². The molecule has 0 bridgehead atoms. The first-order chi connectivity index (χ1) is 12.6. The summed E-state index contributed by atoms with van der Waals surface area (Å²) in [6.07, 6.45) is 7.34. The molecule has 5 nitrogen and oxygen atoms in total. The van der Waals surface area contributed by atoms with E-state index < -0.39 is 0 Å². The standard InChI is InChI=1S/C20H28FN3O2/c21-17-5-7-18(8-6-17)23-20(26)24-11-9-16(10-12-24)14-22-19(25)13-15-3-1-2-4-15/h5-8,15-16H,1-4,9-14H2,(H,22,25)(H,23,26). The van der Waals surface area contributed by atoms with Gasteiger partial charge in [-0.15, -0.1) is 0 Å². The van der Waals surface area contributed by atoms with Crippen LogP contribution in [0.15, 0.2) is 24.3 Å². The van der Waals surface area contributed by atoms with Crippen molar-refractivity contribution in [2.45, 2.75) is 44.9 Å². The normalized spacial score (nSPS) is 18.7. The molecule has 2 fully saturated rings. The highest BCUT2D eigenvalue weighted by Gasteiger charge is 2.24. The molecule has 1 aliphatic heterocycles. The quantitative estimate of drug-likeness (QED) is 0.839. The summed E-state index contributed by atoms with van der Waals surface area (Å²) in [7, 11) is 0. The molecule has 0 radical (unpaired) electrons. The molecule has 1 saturated carbocycles. The molecular weight excluding hydrogens is 333 g/mol. The molecule has 2 aliphatic rings. The monoisotopic (exact) mass is 361 g/mol. The van der Waals surface area contributed by atoms with Gasteiger partial charge >= 0.3 is 6.03 Å². The fraction of sp³-hybridized carbons (Fsp3) is 0.600. The van der Waals surface area contributed by atoms with Crippen LogP contribution in [0.3, 0.4) is 0 Å². The van der Waals surface area contributed by atoms with Crippen molar-refractivity contribution in [1.29, 1.82) is 0 Å². The lowest BCUT2D eigenvalue weighted by atomic mass is 9.96. The number of piperidine rings is 1. The van der Waals surface area contributed by atoms with Crippen molar-refractivity contribution in [2.75, 3.05) is 25.0 Å². The van der Waals surface area contributed by atoms with Crippen LogP contribution in [0.5, 0.6) is 0 Å². The fourth-order valence-electron chi connectivity index (χ4n) is 3.88. The number of urea groups is 1. The second-order valence-electron chi connectivity index (χ2n) is 7.53. The number of nitrogens with one attached hydrogen (secondary N) is 2. The van der Waals surface area contributed by atoms with Crippen molar-refractivity contribution in [3.63, 3.8) is 0 Å². The van der Waals surface area contributed by atoms with Crippen LogP contribution in [0.1, 0.15) is 44.9 Å². The Bertz CT molecular complexity index is 606. The molecule has 0 spiro atoms. The number of carbonyl (C=O) groups excluding carboxylic acids is 2. The number of likely N-dealkylation sites (tertiary alicyclic amines) is 1.